The summed E-state index contributed by atoms with van der Waals surface area (Å²) in [5.41, 5.74) is 1.95. The van der Waals surface area contributed by atoms with E-state index >= 15 is 0 Å². The Balaban J connectivity index is 1.48. The van der Waals surface area contributed by atoms with Crippen LogP contribution in [-0.2, 0) is 0 Å². The van der Waals surface area contributed by atoms with Crippen LogP contribution in [0, 0.1) is 5.92 Å². The van der Waals surface area contributed by atoms with Gasteiger partial charge in [-0.1, -0.05) is 6.07 Å². The van der Waals surface area contributed by atoms with Crippen molar-refractivity contribution in [3.63, 3.8) is 0 Å². The van der Waals surface area contributed by atoms with Crippen LogP contribution in [0.1, 0.15) is 19.8 Å². The molecule has 2 saturated heterocycles. The minimum Gasteiger partial charge on any atom is -0.378 e. The highest BCUT2D eigenvalue weighted by molar-refractivity contribution is 5.90. The first-order valence-corrected chi connectivity index (χ1v) is 10.2. The average molecular weight is 374 g/mol. The molecule has 6 nitrogen and oxygen atoms in total. The molecule has 0 aromatic heterocycles. The van der Waals surface area contributed by atoms with Crippen LogP contribution in [0.25, 0.3) is 0 Å². The molecule has 2 amide bonds. The fourth-order valence-corrected chi connectivity index (χ4v) is 4.18. The van der Waals surface area contributed by atoms with E-state index in [1.165, 1.54) is 13.1 Å². The highest BCUT2D eigenvalue weighted by atomic mass is 16.2. The lowest BCUT2D eigenvalue weighted by atomic mass is 9.89. The predicted molar refractivity (Wildman–Crippen MR) is 113 cm³/mol. The third kappa shape index (κ3) is 5.14. The number of anilines is 2. The molecular formula is C21H35N5O. The van der Waals surface area contributed by atoms with E-state index in [0.717, 1.165) is 50.4 Å². The number of hydrogen-bond acceptors (Lipinski definition) is 4. The summed E-state index contributed by atoms with van der Waals surface area (Å²) in [7, 11) is 6.22. The van der Waals surface area contributed by atoms with Crippen molar-refractivity contribution in [1.29, 1.82) is 0 Å². The molecule has 0 radical (unpaired) electrons. The fraction of sp³-hybridized carbons (Fsp3) is 0.667. The van der Waals surface area contributed by atoms with E-state index in [1.807, 2.05) is 48.2 Å². The van der Waals surface area contributed by atoms with Crippen molar-refractivity contribution in [2.24, 2.45) is 5.92 Å². The third-order valence-corrected chi connectivity index (χ3v) is 6.24. The predicted octanol–water partition coefficient (Wildman–Crippen LogP) is 2.63. The molecule has 2 heterocycles. The molecule has 0 spiro atoms. The molecule has 150 valence electrons. The number of hydrogen-bond donors (Lipinski definition) is 1. The van der Waals surface area contributed by atoms with E-state index in [9.17, 15) is 4.79 Å². The Labute approximate surface area is 164 Å². The summed E-state index contributed by atoms with van der Waals surface area (Å²) in [6.45, 7) is 8.73. The summed E-state index contributed by atoms with van der Waals surface area (Å²) in [5.74, 6) is 0.689. The lowest BCUT2D eigenvalue weighted by molar-refractivity contribution is 0.0676. The molecule has 1 N–H and O–H groups in total. The number of likely N-dealkylation sites (tertiary alicyclic amines) is 1. The van der Waals surface area contributed by atoms with Crippen molar-refractivity contribution in [2.45, 2.75) is 25.8 Å². The first-order valence-electron chi connectivity index (χ1n) is 10.2. The van der Waals surface area contributed by atoms with Gasteiger partial charge in [0.05, 0.1) is 0 Å². The number of nitrogens with one attached hydrogen (secondary N) is 1. The molecule has 1 unspecified atom stereocenters. The van der Waals surface area contributed by atoms with Gasteiger partial charge in [-0.2, -0.15) is 0 Å². The second kappa shape index (κ2) is 8.93. The summed E-state index contributed by atoms with van der Waals surface area (Å²) in [6.07, 6.45) is 2.19. The number of benzene rings is 1. The van der Waals surface area contributed by atoms with Gasteiger partial charge in [0.1, 0.15) is 0 Å². The number of rotatable bonds is 4. The fourth-order valence-electron chi connectivity index (χ4n) is 4.18. The average Bonchev–Trinajstić information content (AvgIpc) is 2.68. The topological polar surface area (TPSA) is 42.1 Å². The smallest absolute Gasteiger partial charge is 0.321 e. The molecule has 0 aliphatic carbocycles. The summed E-state index contributed by atoms with van der Waals surface area (Å²) >= 11 is 0. The van der Waals surface area contributed by atoms with E-state index in [0.29, 0.717) is 12.0 Å². The van der Waals surface area contributed by atoms with E-state index in [4.69, 9.17) is 0 Å². The minimum atomic E-state index is 0.0246. The van der Waals surface area contributed by atoms with Gasteiger partial charge in [-0.25, -0.2) is 4.79 Å². The Bertz CT molecular complexity index is 619. The summed E-state index contributed by atoms with van der Waals surface area (Å²) in [6, 6.07) is 8.63. The van der Waals surface area contributed by atoms with Crippen molar-refractivity contribution in [3.8, 4) is 0 Å². The van der Waals surface area contributed by atoms with Crippen LogP contribution in [0.15, 0.2) is 24.3 Å². The number of carbonyl (C=O) groups excluding carboxylic acids is 1. The highest BCUT2D eigenvalue weighted by Crippen LogP contribution is 2.25. The van der Waals surface area contributed by atoms with E-state index in [-0.39, 0.29) is 6.03 Å². The van der Waals surface area contributed by atoms with E-state index in [1.54, 1.807) is 0 Å². The lowest BCUT2D eigenvalue weighted by Crippen LogP contribution is -2.52. The van der Waals surface area contributed by atoms with E-state index < -0.39 is 0 Å². The molecule has 1 aromatic carbocycles. The number of piperazine rings is 1. The normalized spacial score (nSPS) is 21.1. The molecule has 6 heteroatoms. The van der Waals surface area contributed by atoms with Crippen LogP contribution >= 0.6 is 0 Å². The van der Waals surface area contributed by atoms with Crippen molar-refractivity contribution >= 4 is 17.4 Å². The number of amides is 2. The zero-order chi connectivity index (χ0) is 19.4. The van der Waals surface area contributed by atoms with Crippen LogP contribution in [0.4, 0.5) is 16.2 Å². The molecule has 3 rings (SSSR count). The molecule has 0 bridgehead atoms. The van der Waals surface area contributed by atoms with Gasteiger partial charge in [-0.05, 0) is 50.9 Å². The van der Waals surface area contributed by atoms with Crippen molar-refractivity contribution in [2.75, 3.05) is 70.6 Å². The van der Waals surface area contributed by atoms with Gasteiger partial charge in [0.25, 0.3) is 0 Å². The number of urea groups is 1. The number of nitrogens with zero attached hydrogens (tertiary/aromatic N) is 4. The summed E-state index contributed by atoms with van der Waals surface area (Å²) < 4.78 is 0. The van der Waals surface area contributed by atoms with Crippen LogP contribution in [-0.4, -0.2) is 87.2 Å². The molecule has 2 aliphatic rings. The second-order valence-corrected chi connectivity index (χ2v) is 8.28. The Kier molecular flexibility index (Phi) is 6.60. The largest absolute Gasteiger partial charge is 0.378 e. The lowest BCUT2D eigenvalue weighted by Gasteiger charge is -2.42. The third-order valence-electron chi connectivity index (χ3n) is 6.24. The molecule has 0 saturated carbocycles. The molecular weight excluding hydrogens is 338 g/mol. The molecule has 2 fully saturated rings. The maximum Gasteiger partial charge on any atom is 0.321 e. The first-order chi connectivity index (χ1) is 12.9. The molecule has 1 atom stereocenters. The number of piperidine rings is 1. The van der Waals surface area contributed by atoms with Crippen molar-refractivity contribution in [3.05, 3.63) is 24.3 Å². The zero-order valence-corrected chi connectivity index (χ0v) is 17.3. The Morgan fingerprint density at radius 1 is 1.11 bits per heavy atom. The number of likely N-dealkylation sites (N-methyl/N-ethyl adjacent to an activating group) is 1. The van der Waals surface area contributed by atoms with Gasteiger partial charge in [-0.15, -0.1) is 0 Å². The zero-order valence-electron chi connectivity index (χ0n) is 17.3. The quantitative estimate of drug-likeness (QED) is 0.881. The van der Waals surface area contributed by atoms with Gasteiger partial charge in [0, 0.05) is 70.8 Å². The Morgan fingerprint density at radius 2 is 1.78 bits per heavy atom. The molecule has 1 aromatic rings. The molecule has 2 aliphatic heterocycles. The number of carbonyl (C=O) groups is 1. The van der Waals surface area contributed by atoms with Crippen LogP contribution < -0.4 is 10.2 Å². The molecule has 27 heavy (non-hydrogen) atoms. The summed E-state index contributed by atoms with van der Waals surface area (Å²) in [4.78, 5) is 21.7. The van der Waals surface area contributed by atoms with Gasteiger partial charge >= 0.3 is 6.03 Å². The van der Waals surface area contributed by atoms with Crippen LogP contribution in [0.3, 0.4) is 0 Å². The van der Waals surface area contributed by atoms with Crippen molar-refractivity contribution < 1.29 is 4.79 Å². The van der Waals surface area contributed by atoms with Gasteiger partial charge < -0.3 is 20.0 Å². The second-order valence-electron chi connectivity index (χ2n) is 8.28. The Hall–Kier alpha value is -1.79. The van der Waals surface area contributed by atoms with Gasteiger partial charge in [0.2, 0.25) is 0 Å². The summed E-state index contributed by atoms with van der Waals surface area (Å²) in [5, 5.41) is 3.06. The van der Waals surface area contributed by atoms with Gasteiger partial charge in [-0.3, -0.25) is 4.90 Å². The SMILES string of the molecule is CC(C1CCN(C(=O)Nc2cccc(N(C)C)c2)CC1)N1CCN(C)CC1. The van der Waals surface area contributed by atoms with E-state index in [2.05, 4.69) is 29.1 Å². The highest BCUT2D eigenvalue weighted by Gasteiger charge is 2.30. The van der Waals surface area contributed by atoms with Crippen molar-refractivity contribution in [1.82, 2.24) is 14.7 Å². The Morgan fingerprint density at radius 3 is 2.41 bits per heavy atom. The van der Waals surface area contributed by atoms with Crippen LogP contribution in [0.2, 0.25) is 0 Å². The maximum absolute atomic E-state index is 12.6. The maximum atomic E-state index is 12.6. The van der Waals surface area contributed by atoms with Crippen LogP contribution in [0.5, 0.6) is 0 Å². The standard InChI is InChI=1S/C21H35N5O/c1-17(25-14-12-24(4)13-15-25)18-8-10-26(11-9-18)21(27)22-19-6-5-7-20(16-19)23(2)3/h5-7,16-18H,8-15H2,1-4H3,(H,22,27). The monoisotopic (exact) mass is 373 g/mol. The first kappa shape index (κ1) is 20.0. The van der Waals surface area contributed by atoms with Gasteiger partial charge in [0.15, 0.2) is 0 Å². The minimum absolute atomic E-state index is 0.0246.